The van der Waals surface area contributed by atoms with Crippen molar-refractivity contribution in [2.45, 2.75) is 45.4 Å². The van der Waals surface area contributed by atoms with E-state index in [2.05, 4.69) is 12.1 Å². The Bertz CT molecular complexity index is 350. The third-order valence-corrected chi connectivity index (χ3v) is 4.47. The molecule has 1 unspecified atom stereocenters. The van der Waals surface area contributed by atoms with Gasteiger partial charge in [-0.05, 0) is 38.0 Å². The SMILES string of the molecule is CCC1CCCN(C(=O)C2(C(N)=NO)CC2)CC1. The van der Waals surface area contributed by atoms with Gasteiger partial charge in [0.2, 0.25) is 5.91 Å². The van der Waals surface area contributed by atoms with Crippen molar-refractivity contribution in [3.05, 3.63) is 0 Å². The normalized spacial score (nSPS) is 27.7. The van der Waals surface area contributed by atoms with Crippen LogP contribution in [0, 0.1) is 11.3 Å². The van der Waals surface area contributed by atoms with Crippen LogP contribution in [-0.2, 0) is 4.79 Å². The molecular weight excluding hydrogens is 230 g/mol. The number of nitrogens with zero attached hydrogens (tertiary/aromatic N) is 2. The van der Waals surface area contributed by atoms with Gasteiger partial charge in [-0.3, -0.25) is 4.79 Å². The molecule has 2 rings (SSSR count). The number of amidine groups is 1. The molecule has 1 atom stereocenters. The molecule has 1 heterocycles. The Balaban J connectivity index is 2.02. The minimum atomic E-state index is -0.680. The third-order valence-electron chi connectivity index (χ3n) is 4.47. The highest BCUT2D eigenvalue weighted by Crippen LogP contribution is 2.47. The largest absolute Gasteiger partial charge is 0.409 e. The summed E-state index contributed by atoms with van der Waals surface area (Å²) in [6, 6.07) is 0. The molecule has 102 valence electrons. The fraction of sp³-hybridized carbons (Fsp3) is 0.846. The minimum Gasteiger partial charge on any atom is -0.409 e. The number of oxime groups is 1. The lowest BCUT2D eigenvalue weighted by atomic mass is 9.98. The van der Waals surface area contributed by atoms with Crippen LogP contribution in [0.4, 0.5) is 0 Å². The van der Waals surface area contributed by atoms with E-state index in [9.17, 15) is 4.79 Å². The van der Waals surface area contributed by atoms with E-state index >= 15 is 0 Å². The first-order valence-electron chi connectivity index (χ1n) is 6.91. The summed E-state index contributed by atoms with van der Waals surface area (Å²) < 4.78 is 0. The van der Waals surface area contributed by atoms with E-state index in [1.807, 2.05) is 4.90 Å². The van der Waals surface area contributed by atoms with Crippen LogP contribution < -0.4 is 5.73 Å². The minimum absolute atomic E-state index is 0.0644. The Kier molecular flexibility index (Phi) is 3.78. The first-order chi connectivity index (χ1) is 8.64. The van der Waals surface area contributed by atoms with Crippen LogP contribution in [-0.4, -0.2) is 34.9 Å². The standard InChI is InChI=1S/C13H23N3O2/c1-2-10-4-3-8-16(9-5-10)12(17)13(6-7-13)11(14)15-18/h10,18H,2-9H2,1H3,(H2,14,15). The third kappa shape index (κ3) is 2.31. The number of hydrogen-bond donors (Lipinski definition) is 2. The summed E-state index contributed by atoms with van der Waals surface area (Å²) in [6.45, 7) is 3.84. The maximum absolute atomic E-state index is 12.5. The van der Waals surface area contributed by atoms with Gasteiger partial charge >= 0.3 is 0 Å². The molecule has 5 nitrogen and oxygen atoms in total. The molecule has 1 amide bonds. The number of nitrogens with two attached hydrogens (primary N) is 1. The zero-order valence-electron chi connectivity index (χ0n) is 11.1. The molecule has 1 aliphatic heterocycles. The number of hydrogen-bond acceptors (Lipinski definition) is 3. The fourth-order valence-electron chi connectivity index (χ4n) is 2.88. The van der Waals surface area contributed by atoms with E-state index in [0.29, 0.717) is 0 Å². The second-order valence-electron chi connectivity index (χ2n) is 5.56. The number of rotatable bonds is 3. The predicted octanol–water partition coefficient (Wildman–Crippen LogP) is 1.55. The molecule has 1 aliphatic carbocycles. The van der Waals surface area contributed by atoms with E-state index < -0.39 is 5.41 Å². The van der Waals surface area contributed by atoms with E-state index in [4.69, 9.17) is 10.9 Å². The van der Waals surface area contributed by atoms with Gasteiger partial charge in [-0.1, -0.05) is 18.5 Å². The molecule has 3 N–H and O–H groups in total. The zero-order chi connectivity index (χ0) is 13.2. The summed E-state index contributed by atoms with van der Waals surface area (Å²) in [5.41, 5.74) is 4.99. The molecule has 1 saturated carbocycles. The van der Waals surface area contributed by atoms with Crippen LogP contribution in [0.1, 0.15) is 45.4 Å². The Hall–Kier alpha value is -1.26. The summed E-state index contributed by atoms with van der Waals surface area (Å²) in [5.74, 6) is 0.889. The highest BCUT2D eigenvalue weighted by atomic mass is 16.4. The number of likely N-dealkylation sites (tertiary alicyclic amines) is 1. The van der Waals surface area contributed by atoms with Gasteiger partial charge in [-0.15, -0.1) is 0 Å². The molecule has 1 saturated heterocycles. The van der Waals surface area contributed by atoms with Gasteiger partial charge in [0.1, 0.15) is 5.41 Å². The fourth-order valence-corrected chi connectivity index (χ4v) is 2.88. The first-order valence-corrected chi connectivity index (χ1v) is 6.91. The summed E-state index contributed by atoms with van der Waals surface area (Å²) in [7, 11) is 0. The van der Waals surface area contributed by atoms with Crippen molar-refractivity contribution in [3.63, 3.8) is 0 Å². The summed E-state index contributed by atoms with van der Waals surface area (Å²) in [4.78, 5) is 14.4. The molecule has 2 fully saturated rings. The summed E-state index contributed by atoms with van der Waals surface area (Å²) in [5, 5.41) is 11.8. The van der Waals surface area contributed by atoms with Crippen molar-refractivity contribution in [2.75, 3.05) is 13.1 Å². The zero-order valence-corrected chi connectivity index (χ0v) is 11.1. The molecule has 0 bridgehead atoms. The summed E-state index contributed by atoms with van der Waals surface area (Å²) >= 11 is 0. The van der Waals surface area contributed by atoms with Crippen LogP contribution in [0.5, 0.6) is 0 Å². The van der Waals surface area contributed by atoms with Crippen molar-refractivity contribution < 1.29 is 10.0 Å². The average molecular weight is 253 g/mol. The molecule has 0 aromatic heterocycles. The average Bonchev–Trinajstić information content (AvgIpc) is 3.21. The molecule has 2 aliphatic rings. The monoisotopic (exact) mass is 253 g/mol. The molecule has 0 radical (unpaired) electrons. The van der Waals surface area contributed by atoms with Gasteiger partial charge in [0.15, 0.2) is 5.84 Å². The van der Waals surface area contributed by atoms with Crippen LogP contribution >= 0.6 is 0 Å². The maximum Gasteiger partial charge on any atom is 0.236 e. The lowest BCUT2D eigenvalue weighted by molar-refractivity contribution is -0.134. The number of carbonyl (C=O) groups excluding carboxylic acids is 1. The quantitative estimate of drug-likeness (QED) is 0.346. The Labute approximate surface area is 108 Å². The van der Waals surface area contributed by atoms with Crippen LogP contribution in [0.25, 0.3) is 0 Å². The van der Waals surface area contributed by atoms with Crippen molar-refractivity contribution in [3.8, 4) is 0 Å². The van der Waals surface area contributed by atoms with Gasteiger partial charge in [-0.2, -0.15) is 0 Å². The van der Waals surface area contributed by atoms with E-state index in [1.165, 1.54) is 12.8 Å². The topological polar surface area (TPSA) is 78.9 Å². The second kappa shape index (κ2) is 5.16. The smallest absolute Gasteiger partial charge is 0.236 e. The Morgan fingerprint density at radius 1 is 1.44 bits per heavy atom. The van der Waals surface area contributed by atoms with Crippen molar-refractivity contribution in [1.29, 1.82) is 0 Å². The van der Waals surface area contributed by atoms with Gasteiger partial charge in [0, 0.05) is 13.1 Å². The lowest BCUT2D eigenvalue weighted by Gasteiger charge is -2.25. The van der Waals surface area contributed by atoms with Crippen molar-refractivity contribution in [1.82, 2.24) is 4.90 Å². The van der Waals surface area contributed by atoms with Crippen molar-refractivity contribution >= 4 is 11.7 Å². The highest BCUT2D eigenvalue weighted by molar-refractivity contribution is 6.09. The number of amides is 1. The molecule has 0 aromatic rings. The van der Waals surface area contributed by atoms with Gasteiger partial charge < -0.3 is 15.8 Å². The molecule has 5 heteroatoms. The number of carbonyl (C=O) groups is 1. The Morgan fingerprint density at radius 3 is 2.72 bits per heavy atom. The van der Waals surface area contributed by atoms with Crippen LogP contribution in [0.2, 0.25) is 0 Å². The van der Waals surface area contributed by atoms with E-state index in [-0.39, 0.29) is 11.7 Å². The van der Waals surface area contributed by atoms with E-state index in [1.54, 1.807) is 0 Å². The molecule has 0 spiro atoms. The summed E-state index contributed by atoms with van der Waals surface area (Å²) in [6.07, 6.45) is 5.97. The van der Waals surface area contributed by atoms with Crippen molar-refractivity contribution in [2.24, 2.45) is 22.2 Å². The van der Waals surface area contributed by atoms with Crippen LogP contribution in [0.3, 0.4) is 0 Å². The van der Waals surface area contributed by atoms with Gasteiger partial charge in [-0.25, -0.2) is 0 Å². The lowest BCUT2D eigenvalue weighted by Crippen LogP contribution is -2.44. The van der Waals surface area contributed by atoms with Gasteiger partial charge in [0.05, 0.1) is 0 Å². The molecule has 0 aromatic carbocycles. The predicted molar refractivity (Wildman–Crippen MR) is 69.3 cm³/mol. The van der Waals surface area contributed by atoms with E-state index in [0.717, 1.165) is 44.7 Å². The molecule has 18 heavy (non-hydrogen) atoms. The maximum atomic E-state index is 12.5. The second-order valence-corrected chi connectivity index (χ2v) is 5.56. The van der Waals surface area contributed by atoms with Gasteiger partial charge in [0.25, 0.3) is 0 Å². The highest BCUT2D eigenvalue weighted by Gasteiger charge is 2.55. The Morgan fingerprint density at radius 2 is 2.17 bits per heavy atom. The molecular formula is C13H23N3O2. The van der Waals surface area contributed by atoms with Crippen LogP contribution in [0.15, 0.2) is 5.16 Å². The first kappa shape index (κ1) is 13.2.